The fourth-order valence-corrected chi connectivity index (χ4v) is 0.526. The third-order valence-electron chi connectivity index (χ3n) is 1.36. The zero-order valence-electron chi connectivity index (χ0n) is 5.72. The molecule has 0 bridgehead atoms. The Labute approximate surface area is 51.2 Å². The molecule has 0 aromatic rings. The molecule has 0 aliphatic heterocycles. The van der Waals surface area contributed by atoms with Crippen molar-refractivity contribution in [3.8, 4) is 0 Å². The van der Waals surface area contributed by atoms with Crippen molar-refractivity contribution in [1.29, 1.82) is 0 Å². The van der Waals surface area contributed by atoms with Crippen LogP contribution in [0.25, 0.3) is 0 Å². The van der Waals surface area contributed by atoms with E-state index in [1.165, 1.54) is 0 Å². The van der Waals surface area contributed by atoms with Crippen LogP contribution in [-0.4, -0.2) is 12.6 Å². The van der Waals surface area contributed by atoms with Gasteiger partial charge < -0.3 is 11.5 Å². The molecule has 0 saturated heterocycles. The highest BCUT2D eigenvalue weighted by molar-refractivity contribution is 4.64. The highest BCUT2D eigenvalue weighted by atomic mass is 14.7. The van der Waals surface area contributed by atoms with E-state index >= 15 is 0 Å². The van der Waals surface area contributed by atoms with Gasteiger partial charge in [-0.05, 0) is 18.9 Å². The molecule has 0 spiro atoms. The minimum atomic E-state index is 0.292. The van der Waals surface area contributed by atoms with Gasteiger partial charge in [-0.3, -0.25) is 0 Å². The van der Waals surface area contributed by atoms with Crippen LogP contribution in [0.1, 0.15) is 20.3 Å². The molecule has 0 heterocycles. The van der Waals surface area contributed by atoms with Gasteiger partial charge in [0.1, 0.15) is 0 Å². The van der Waals surface area contributed by atoms with Crippen LogP contribution in [0.3, 0.4) is 0 Å². The second kappa shape index (κ2) is 3.87. The molecule has 0 saturated carbocycles. The Morgan fingerprint density at radius 1 is 1.38 bits per heavy atom. The van der Waals surface area contributed by atoms with E-state index in [-0.39, 0.29) is 0 Å². The average Bonchev–Trinajstić information content (AvgIpc) is 1.67. The maximum absolute atomic E-state index is 5.65. The minimum absolute atomic E-state index is 0.292. The van der Waals surface area contributed by atoms with Crippen molar-refractivity contribution in [1.82, 2.24) is 0 Å². The highest BCUT2D eigenvalue weighted by Crippen LogP contribution is 1.99. The molecule has 0 amide bonds. The number of rotatable bonds is 3. The maximum Gasteiger partial charge on any atom is 0.00738 e. The molecular weight excluding hydrogens is 100 g/mol. The Balaban J connectivity index is 3.17. The van der Waals surface area contributed by atoms with Gasteiger partial charge in [-0.1, -0.05) is 13.8 Å². The Morgan fingerprint density at radius 2 is 1.88 bits per heavy atom. The van der Waals surface area contributed by atoms with Gasteiger partial charge in [0.2, 0.25) is 0 Å². The number of nitrogens with two attached hydrogens (primary N) is 2. The summed E-state index contributed by atoms with van der Waals surface area (Å²) in [5, 5.41) is 0. The van der Waals surface area contributed by atoms with E-state index in [0.717, 1.165) is 6.42 Å². The van der Waals surface area contributed by atoms with E-state index in [2.05, 4.69) is 13.8 Å². The standard InChI is InChI=1S/C6H16N2/c1-5(2)6(8)3-4-7/h5-6H,3-4,7-8H2,1-2H3. The van der Waals surface area contributed by atoms with Crippen LogP contribution in [0.4, 0.5) is 0 Å². The first-order chi connectivity index (χ1) is 3.68. The first-order valence-corrected chi connectivity index (χ1v) is 3.14. The normalized spacial score (nSPS) is 14.6. The van der Waals surface area contributed by atoms with Crippen molar-refractivity contribution >= 4 is 0 Å². The summed E-state index contributed by atoms with van der Waals surface area (Å²) in [6.45, 7) is 4.93. The molecule has 8 heavy (non-hydrogen) atoms. The van der Waals surface area contributed by atoms with Crippen molar-refractivity contribution in [2.24, 2.45) is 17.4 Å². The lowest BCUT2D eigenvalue weighted by molar-refractivity contribution is 0.469. The second-order valence-corrected chi connectivity index (χ2v) is 2.49. The molecule has 1 unspecified atom stereocenters. The molecule has 0 aromatic carbocycles. The summed E-state index contributed by atoms with van der Waals surface area (Å²) < 4.78 is 0. The van der Waals surface area contributed by atoms with Crippen molar-refractivity contribution in [3.63, 3.8) is 0 Å². The van der Waals surface area contributed by atoms with Crippen molar-refractivity contribution in [3.05, 3.63) is 0 Å². The lowest BCUT2D eigenvalue weighted by Gasteiger charge is -2.12. The van der Waals surface area contributed by atoms with E-state index in [4.69, 9.17) is 11.5 Å². The van der Waals surface area contributed by atoms with Crippen LogP contribution in [0, 0.1) is 5.92 Å². The van der Waals surface area contributed by atoms with Crippen LogP contribution in [0.15, 0.2) is 0 Å². The van der Waals surface area contributed by atoms with Gasteiger partial charge in [0.05, 0.1) is 0 Å². The topological polar surface area (TPSA) is 52.0 Å². The first kappa shape index (κ1) is 7.92. The van der Waals surface area contributed by atoms with Crippen LogP contribution >= 0.6 is 0 Å². The van der Waals surface area contributed by atoms with E-state index < -0.39 is 0 Å². The van der Waals surface area contributed by atoms with Crippen molar-refractivity contribution in [2.75, 3.05) is 6.54 Å². The van der Waals surface area contributed by atoms with Crippen LogP contribution in [0.2, 0.25) is 0 Å². The molecule has 2 nitrogen and oxygen atoms in total. The summed E-state index contributed by atoms with van der Waals surface area (Å²) in [6.07, 6.45) is 0.942. The molecule has 0 rings (SSSR count). The summed E-state index contributed by atoms with van der Waals surface area (Å²) in [5.41, 5.74) is 10.9. The van der Waals surface area contributed by atoms with E-state index in [0.29, 0.717) is 18.5 Å². The summed E-state index contributed by atoms with van der Waals surface area (Å²) in [7, 11) is 0. The Hall–Kier alpha value is -0.0800. The molecule has 2 heteroatoms. The minimum Gasteiger partial charge on any atom is -0.330 e. The van der Waals surface area contributed by atoms with Gasteiger partial charge in [-0.2, -0.15) is 0 Å². The largest absolute Gasteiger partial charge is 0.330 e. The maximum atomic E-state index is 5.65. The fourth-order valence-electron chi connectivity index (χ4n) is 0.526. The first-order valence-electron chi connectivity index (χ1n) is 3.14. The van der Waals surface area contributed by atoms with Gasteiger partial charge in [0, 0.05) is 6.04 Å². The average molecular weight is 116 g/mol. The van der Waals surface area contributed by atoms with Gasteiger partial charge in [-0.15, -0.1) is 0 Å². The Bertz CT molecular complexity index is 52.5. The lowest BCUT2D eigenvalue weighted by atomic mass is 10.0. The lowest BCUT2D eigenvalue weighted by Crippen LogP contribution is -2.28. The zero-order chi connectivity index (χ0) is 6.57. The van der Waals surface area contributed by atoms with Gasteiger partial charge in [-0.25, -0.2) is 0 Å². The third kappa shape index (κ3) is 2.99. The number of hydrogen-bond donors (Lipinski definition) is 2. The molecule has 0 radical (unpaired) electrons. The van der Waals surface area contributed by atoms with E-state index in [1.807, 2.05) is 0 Å². The van der Waals surface area contributed by atoms with Crippen molar-refractivity contribution in [2.45, 2.75) is 26.3 Å². The molecule has 4 N–H and O–H groups in total. The van der Waals surface area contributed by atoms with Crippen LogP contribution < -0.4 is 11.5 Å². The molecule has 0 fully saturated rings. The number of hydrogen-bond acceptors (Lipinski definition) is 2. The molecule has 1 atom stereocenters. The quantitative estimate of drug-likeness (QED) is 0.558. The molecular formula is C6H16N2. The van der Waals surface area contributed by atoms with Crippen LogP contribution in [0.5, 0.6) is 0 Å². The fraction of sp³-hybridized carbons (Fsp3) is 1.00. The molecule has 50 valence electrons. The highest BCUT2D eigenvalue weighted by Gasteiger charge is 2.03. The molecule has 0 aliphatic rings. The predicted molar refractivity (Wildman–Crippen MR) is 36.5 cm³/mol. The Kier molecular flexibility index (Phi) is 3.83. The second-order valence-electron chi connectivity index (χ2n) is 2.49. The van der Waals surface area contributed by atoms with Crippen LogP contribution in [-0.2, 0) is 0 Å². The SMILES string of the molecule is CC(C)C(N)CCN. The summed E-state index contributed by atoms with van der Waals surface area (Å²) in [6, 6.07) is 0.292. The van der Waals surface area contributed by atoms with Crippen molar-refractivity contribution < 1.29 is 0 Å². The summed E-state index contributed by atoms with van der Waals surface area (Å²) in [4.78, 5) is 0. The Morgan fingerprint density at radius 3 is 2.00 bits per heavy atom. The molecule has 0 aromatic heterocycles. The van der Waals surface area contributed by atoms with Gasteiger partial charge >= 0.3 is 0 Å². The smallest absolute Gasteiger partial charge is 0.00738 e. The molecule has 0 aliphatic carbocycles. The summed E-state index contributed by atoms with van der Waals surface area (Å²) >= 11 is 0. The third-order valence-corrected chi connectivity index (χ3v) is 1.36. The predicted octanol–water partition coefficient (Wildman–Crippen LogP) is 0.318. The van der Waals surface area contributed by atoms with Gasteiger partial charge in [0.25, 0.3) is 0 Å². The zero-order valence-corrected chi connectivity index (χ0v) is 5.72. The van der Waals surface area contributed by atoms with E-state index in [9.17, 15) is 0 Å². The monoisotopic (exact) mass is 116 g/mol. The van der Waals surface area contributed by atoms with Gasteiger partial charge in [0.15, 0.2) is 0 Å². The van der Waals surface area contributed by atoms with E-state index in [1.54, 1.807) is 0 Å². The summed E-state index contributed by atoms with van der Waals surface area (Å²) in [5.74, 6) is 0.568.